The largest absolute Gasteiger partial charge is 0.462 e. The summed E-state index contributed by atoms with van der Waals surface area (Å²) in [7, 11) is -3.47. The Labute approximate surface area is 120 Å². The lowest BCUT2D eigenvalue weighted by Gasteiger charge is -2.10. The van der Waals surface area contributed by atoms with Gasteiger partial charge in [0.05, 0.1) is 18.0 Å². The predicted octanol–water partition coefficient (Wildman–Crippen LogP) is 2.29. The lowest BCUT2D eigenvalue weighted by molar-refractivity contribution is 0.0527. The molecule has 0 fully saturated rings. The number of esters is 1. The van der Waals surface area contributed by atoms with Gasteiger partial charge in [-0.25, -0.2) is 13.2 Å². The van der Waals surface area contributed by atoms with Gasteiger partial charge in [-0.05, 0) is 26.2 Å². The third kappa shape index (κ3) is 4.56. The first kappa shape index (κ1) is 16.6. The highest BCUT2D eigenvalue weighted by Crippen LogP contribution is 2.22. The van der Waals surface area contributed by atoms with E-state index in [4.69, 9.17) is 4.74 Å². The van der Waals surface area contributed by atoms with Crippen LogP contribution in [0.25, 0.3) is 0 Å². The smallest absolute Gasteiger partial charge is 0.342 e. The van der Waals surface area contributed by atoms with Crippen LogP contribution in [0.2, 0.25) is 0 Å². The summed E-state index contributed by atoms with van der Waals surface area (Å²) in [5.41, 5.74) is 1.05. The van der Waals surface area contributed by atoms with Crippen molar-refractivity contribution in [2.24, 2.45) is 5.92 Å². The number of anilines is 1. The molecule has 0 amide bonds. The van der Waals surface area contributed by atoms with Gasteiger partial charge in [-0.1, -0.05) is 13.8 Å². The van der Waals surface area contributed by atoms with Crippen LogP contribution in [0.15, 0.2) is 6.20 Å². The van der Waals surface area contributed by atoms with Crippen molar-refractivity contribution in [3.05, 3.63) is 17.5 Å². The number of ether oxygens (including phenoxy) is 1. The van der Waals surface area contributed by atoms with Crippen molar-refractivity contribution in [1.82, 2.24) is 4.98 Å². The van der Waals surface area contributed by atoms with Crippen molar-refractivity contribution < 1.29 is 17.9 Å². The lowest BCUT2D eigenvalue weighted by atomic mass is 10.2. The van der Waals surface area contributed by atoms with E-state index in [-0.39, 0.29) is 23.6 Å². The molecule has 0 spiro atoms. The molecule has 2 N–H and O–H groups in total. The zero-order valence-electron chi connectivity index (χ0n) is 12.3. The van der Waals surface area contributed by atoms with Crippen molar-refractivity contribution in [1.29, 1.82) is 0 Å². The van der Waals surface area contributed by atoms with E-state index in [0.29, 0.717) is 18.0 Å². The summed E-state index contributed by atoms with van der Waals surface area (Å²) in [4.78, 5) is 14.7. The third-order valence-electron chi connectivity index (χ3n) is 2.79. The number of hydrogen-bond acceptors (Lipinski definition) is 4. The first-order valence-corrected chi connectivity index (χ1v) is 8.27. The minimum absolute atomic E-state index is 0.0250. The zero-order chi connectivity index (χ0) is 15.3. The van der Waals surface area contributed by atoms with Gasteiger partial charge in [0.15, 0.2) is 0 Å². The summed E-state index contributed by atoms with van der Waals surface area (Å²) in [5, 5.41) is 0. The molecule has 0 aliphatic heterocycles. The summed E-state index contributed by atoms with van der Waals surface area (Å²) in [6.45, 7) is 7.55. The number of aromatic amines is 1. The number of H-pyrrole nitrogens is 1. The molecule has 1 aromatic heterocycles. The van der Waals surface area contributed by atoms with Crippen molar-refractivity contribution in [3.63, 3.8) is 0 Å². The Bertz CT molecular complexity index is 561. The number of rotatable bonds is 7. The van der Waals surface area contributed by atoms with Crippen LogP contribution in [0.5, 0.6) is 0 Å². The highest BCUT2D eigenvalue weighted by atomic mass is 32.2. The van der Waals surface area contributed by atoms with E-state index in [1.165, 1.54) is 6.20 Å². The van der Waals surface area contributed by atoms with Crippen molar-refractivity contribution in [2.75, 3.05) is 17.1 Å². The first-order chi connectivity index (χ1) is 9.26. The highest BCUT2D eigenvalue weighted by molar-refractivity contribution is 7.92. The number of aryl methyl sites for hydroxylation is 1. The number of carbonyl (C=O) groups excluding carboxylic acids is 1. The molecular weight excluding hydrogens is 280 g/mol. The minimum Gasteiger partial charge on any atom is -0.462 e. The summed E-state index contributed by atoms with van der Waals surface area (Å²) in [5.74, 6) is -0.214. The third-order valence-corrected chi connectivity index (χ3v) is 4.09. The fourth-order valence-electron chi connectivity index (χ4n) is 1.68. The van der Waals surface area contributed by atoms with E-state index >= 15 is 0 Å². The Morgan fingerprint density at radius 3 is 2.65 bits per heavy atom. The number of aromatic nitrogens is 1. The molecule has 0 radical (unpaired) electrons. The molecule has 0 aliphatic rings. The van der Waals surface area contributed by atoms with Gasteiger partial charge in [0.25, 0.3) is 0 Å². The summed E-state index contributed by atoms with van der Waals surface area (Å²) < 4.78 is 31.3. The topological polar surface area (TPSA) is 88.3 Å². The maximum absolute atomic E-state index is 12.0. The Hall–Kier alpha value is -1.50. The lowest BCUT2D eigenvalue weighted by Crippen LogP contribution is -2.19. The summed E-state index contributed by atoms with van der Waals surface area (Å²) >= 11 is 0. The van der Waals surface area contributed by atoms with Gasteiger partial charge in [0.1, 0.15) is 5.56 Å². The molecule has 114 valence electrons. The van der Waals surface area contributed by atoms with E-state index < -0.39 is 16.0 Å². The molecule has 0 aliphatic carbocycles. The molecule has 6 nitrogen and oxygen atoms in total. The average Bonchev–Trinajstić information content (AvgIpc) is 2.68. The van der Waals surface area contributed by atoms with Gasteiger partial charge in [-0.2, -0.15) is 0 Å². The number of carbonyl (C=O) groups is 1. The molecule has 0 bridgehead atoms. The van der Waals surface area contributed by atoms with Crippen molar-refractivity contribution in [3.8, 4) is 0 Å². The molecule has 0 aromatic carbocycles. The molecule has 1 aromatic rings. The van der Waals surface area contributed by atoms with Crippen LogP contribution in [-0.4, -0.2) is 31.7 Å². The van der Waals surface area contributed by atoms with E-state index in [1.807, 2.05) is 13.8 Å². The quantitative estimate of drug-likeness (QED) is 0.756. The van der Waals surface area contributed by atoms with Crippen LogP contribution >= 0.6 is 0 Å². The standard InChI is InChI=1S/C13H22N2O4S/c1-5-19-13(16)12-10(4)14-8-11(12)15-20(17,18)7-6-9(2)3/h8-9,14-15H,5-7H2,1-4H3. The van der Waals surface area contributed by atoms with E-state index in [9.17, 15) is 13.2 Å². The molecule has 0 saturated carbocycles. The molecule has 1 rings (SSSR count). The fourth-order valence-corrected chi connectivity index (χ4v) is 3.06. The van der Waals surface area contributed by atoms with Crippen molar-refractivity contribution in [2.45, 2.75) is 34.1 Å². The molecule has 0 atom stereocenters. The van der Waals surface area contributed by atoms with Gasteiger partial charge in [-0.3, -0.25) is 4.72 Å². The number of sulfonamides is 1. The summed E-state index contributed by atoms with van der Waals surface area (Å²) in [6.07, 6.45) is 2.03. The normalized spacial score (nSPS) is 11.7. The molecule has 0 saturated heterocycles. The maximum atomic E-state index is 12.0. The zero-order valence-corrected chi connectivity index (χ0v) is 13.1. The number of nitrogens with one attached hydrogen (secondary N) is 2. The van der Waals surface area contributed by atoms with Gasteiger partial charge >= 0.3 is 5.97 Å². The van der Waals surface area contributed by atoms with Crippen LogP contribution in [0.4, 0.5) is 5.69 Å². The predicted molar refractivity (Wildman–Crippen MR) is 78.4 cm³/mol. The van der Waals surface area contributed by atoms with Gasteiger partial charge < -0.3 is 9.72 Å². The van der Waals surface area contributed by atoms with E-state index in [0.717, 1.165) is 0 Å². The Kier molecular flexibility index (Phi) is 5.62. The Balaban J connectivity index is 2.90. The molecule has 0 unspecified atom stereocenters. The van der Waals surface area contributed by atoms with Gasteiger partial charge in [0, 0.05) is 11.9 Å². The van der Waals surface area contributed by atoms with E-state index in [1.54, 1.807) is 13.8 Å². The minimum atomic E-state index is -3.47. The average molecular weight is 302 g/mol. The highest BCUT2D eigenvalue weighted by Gasteiger charge is 2.21. The monoisotopic (exact) mass is 302 g/mol. The van der Waals surface area contributed by atoms with Crippen molar-refractivity contribution >= 4 is 21.7 Å². The van der Waals surface area contributed by atoms with Crippen LogP contribution in [0.1, 0.15) is 43.2 Å². The number of hydrogen-bond donors (Lipinski definition) is 2. The molecule has 20 heavy (non-hydrogen) atoms. The second-order valence-electron chi connectivity index (χ2n) is 5.03. The maximum Gasteiger partial charge on any atom is 0.342 e. The van der Waals surface area contributed by atoms with Crippen LogP contribution in [0.3, 0.4) is 0 Å². The molecule has 7 heteroatoms. The SMILES string of the molecule is CCOC(=O)c1c(NS(=O)(=O)CCC(C)C)c[nH]c1C. The van der Waals surface area contributed by atoms with Crippen LogP contribution in [0, 0.1) is 12.8 Å². The fraction of sp³-hybridized carbons (Fsp3) is 0.615. The second kappa shape index (κ2) is 6.78. The molecule has 1 heterocycles. The first-order valence-electron chi connectivity index (χ1n) is 6.62. The van der Waals surface area contributed by atoms with E-state index in [2.05, 4.69) is 9.71 Å². The van der Waals surface area contributed by atoms with Crippen LogP contribution < -0.4 is 4.72 Å². The van der Waals surface area contributed by atoms with Gasteiger partial charge in [0.2, 0.25) is 10.0 Å². The van der Waals surface area contributed by atoms with Gasteiger partial charge in [-0.15, -0.1) is 0 Å². The molecular formula is C13H22N2O4S. The Morgan fingerprint density at radius 2 is 2.10 bits per heavy atom. The second-order valence-corrected chi connectivity index (χ2v) is 6.87. The van der Waals surface area contributed by atoms with Crippen LogP contribution in [-0.2, 0) is 14.8 Å². The Morgan fingerprint density at radius 1 is 1.45 bits per heavy atom. The summed E-state index contributed by atoms with van der Waals surface area (Å²) in [6, 6.07) is 0.